The third-order valence-corrected chi connectivity index (χ3v) is 3.55. The zero-order valence-electron chi connectivity index (χ0n) is 11.7. The first-order valence-electron chi connectivity index (χ1n) is 6.35. The Morgan fingerprint density at radius 3 is 2.82 bits per heavy atom. The summed E-state index contributed by atoms with van der Waals surface area (Å²) in [4.78, 5) is 16.3. The lowest BCUT2D eigenvalue weighted by molar-refractivity contribution is 0.104. The highest BCUT2D eigenvalue weighted by atomic mass is 32.2. The number of thioether (sulfide) groups is 1. The van der Waals surface area contributed by atoms with Gasteiger partial charge in [0.05, 0.1) is 12.0 Å². The Hall–Kier alpha value is -2.21. The van der Waals surface area contributed by atoms with Gasteiger partial charge >= 0.3 is 0 Å². The van der Waals surface area contributed by atoms with Crippen LogP contribution in [-0.2, 0) is 0 Å². The molecule has 1 heterocycles. The van der Waals surface area contributed by atoms with E-state index in [1.54, 1.807) is 24.5 Å². The molecule has 6 heteroatoms. The van der Waals surface area contributed by atoms with Crippen molar-refractivity contribution in [3.63, 3.8) is 0 Å². The van der Waals surface area contributed by atoms with Crippen LogP contribution in [-0.4, -0.2) is 23.6 Å². The van der Waals surface area contributed by atoms with Gasteiger partial charge in [-0.25, -0.2) is 0 Å². The van der Waals surface area contributed by atoms with E-state index in [4.69, 9.17) is 4.74 Å². The summed E-state index contributed by atoms with van der Waals surface area (Å²) in [6.07, 6.45) is 6.32. The van der Waals surface area contributed by atoms with Crippen LogP contribution < -0.4 is 4.74 Å². The molecule has 0 aliphatic heterocycles. The molecule has 0 bridgehead atoms. The van der Waals surface area contributed by atoms with Crippen LogP contribution >= 0.6 is 11.8 Å². The number of aromatic nitrogens is 1. The Morgan fingerprint density at radius 1 is 1.36 bits per heavy atom. The molecule has 0 saturated carbocycles. The number of rotatable bonds is 6. The second-order valence-corrected chi connectivity index (χ2v) is 5.26. The van der Waals surface area contributed by atoms with Crippen molar-refractivity contribution >= 4 is 23.6 Å². The van der Waals surface area contributed by atoms with Gasteiger partial charge in [-0.05, 0) is 42.0 Å². The Bertz CT molecular complexity index is 675. The summed E-state index contributed by atoms with van der Waals surface area (Å²) in [6.45, 7) is 0. The van der Waals surface area contributed by atoms with Crippen molar-refractivity contribution in [3.8, 4) is 5.75 Å². The fourth-order valence-corrected chi connectivity index (χ4v) is 2.35. The van der Waals surface area contributed by atoms with Gasteiger partial charge in [-0.3, -0.25) is 9.78 Å². The van der Waals surface area contributed by atoms with Crippen LogP contribution in [0.25, 0.3) is 6.08 Å². The van der Waals surface area contributed by atoms with Crippen LogP contribution in [0.15, 0.2) is 53.7 Å². The molecule has 0 atom stereocenters. The zero-order valence-corrected chi connectivity index (χ0v) is 12.5. The summed E-state index contributed by atoms with van der Waals surface area (Å²) in [5.41, 5.74) is 1.17. The Balaban J connectivity index is 2.18. The number of carbonyl (C=O) groups is 1. The van der Waals surface area contributed by atoms with Crippen molar-refractivity contribution in [1.29, 1.82) is 0 Å². The fourth-order valence-electron chi connectivity index (χ4n) is 1.76. The van der Waals surface area contributed by atoms with Gasteiger partial charge < -0.3 is 4.74 Å². The third-order valence-electron chi connectivity index (χ3n) is 2.78. The minimum Gasteiger partial charge on any atom is -0.496 e. The summed E-state index contributed by atoms with van der Waals surface area (Å²) in [5.74, 6) is -2.53. The quantitative estimate of drug-likeness (QED) is 0.452. The lowest BCUT2D eigenvalue weighted by Gasteiger charge is -2.08. The van der Waals surface area contributed by atoms with Crippen molar-refractivity contribution in [3.05, 3.63) is 59.9 Å². The van der Waals surface area contributed by atoms with Crippen LogP contribution in [0, 0.1) is 0 Å². The molecule has 22 heavy (non-hydrogen) atoms. The lowest BCUT2D eigenvalue weighted by atomic mass is 10.1. The first kappa shape index (κ1) is 16.2. The number of hydrogen-bond donors (Lipinski definition) is 0. The summed E-state index contributed by atoms with van der Waals surface area (Å²) < 4.78 is 29.9. The highest BCUT2D eigenvalue weighted by Crippen LogP contribution is 2.34. The van der Waals surface area contributed by atoms with E-state index in [2.05, 4.69) is 4.98 Å². The van der Waals surface area contributed by atoms with Crippen molar-refractivity contribution in [1.82, 2.24) is 4.98 Å². The van der Waals surface area contributed by atoms with Gasteiger partial charge in [0.25, 0.3) is 5.76 Å². The first-order chi connectivity index (χ1) is 10.6. The third kappa shape index (κ3) is 4.39. The molecule has 0 fully saturated rings. The van der Waals surface area contributed by atoms with Crippen LogP contribution in [0.1, 0.15) is 15.9 Å². The highest BCUT2D eigenvalue weighted by molar-refractivity contribution is 7.99. The van der Waals surface area contributed by atoms with E-state index < -0.39 is 5.76 Å². The van der Waals surface area contributed by atoms with E-state index in [0.29, 0.717) is 22.2 Å². The predicted molar refractivity (Wildman–Crippen MR) is 82.5 cm³/mol. The molecular weight excluding hydrogens is 308 g/mol. The minimum absolute atomic E-state index is 0.240. The van der Waals surface area contributed by atoms with E-state index in [-0.39, 0.29) is 11.5 Å². The van der Waals surface area contributed by atoms with Crippen LogP contribution in [0.2, 0.25) is 0 Å². The molecule has 0 aliphatic rings. The van der Waals surface area contributed by atoms with Crippen molar-refractivity contribution in [2.24, 2.45) is 0 Å². The molecule has 0 spiro atoms. The number of benzene rings is 1. The number of halogens is 2. The van der Waals surface area contributed by atoms with Gasteiger partial charge in [0.1, 0.15) is 5.75 Å². The summed E-state index contributed by atoms with van der Waals surface area (Å²) >= 11 is 0.384. The minimum atomic E-state index is -2.54. The summed E-state index contributed by atoms with van der Waals surface area (Å²) in [7, 11) is 1.38. The average Bonchev–Trinajstić information content (AvgIpc) is 2.53. The average molecular weight is 321 g/mol. The number of ketones is 1. The molecule has 114 valence electrons. The van der Waals surface area contributed by atoms with Crippen LogP contribution in [0.5, 0.6) is 5.75 Å². The van der Waals surface area contributed by atoms with Gasteiger partial charge in [0.2, 0.25) is 0 Å². The second kappa shape index (κ2) is 7.70. The fraction of sp³-hybridized carbons (Fsp3) is 0.125. The first-order valence-corrected chi connectivity index (χ1v) is 7.23. The van der Waals surface area contributed by atoms with Gasteiger partial charge in [0, 0.05) is 18.0 Å². The normalized spacial score (nSPS) is 11.1. The maximum Gasteiger partial charge on any atom is 0.289 e. The van der Waals surface area contributed by atoms with Gasteiger partial charge in [0.15, 0.2) is 5.78 Å². The largest absolute Gasteiger partial charge is 0.496 e. The summed E-state index contributed by atoms with van der Waals surface area (Å²) in [6, 6.07) is 8.01. The SMILES string of the molecule is COc1cc(C(=O)/C=C/c2cccnc2)ccc1SC(F)F. The number of pyridine rings is 1. The number of ether oxygens (including phenoxy) is 1. The second-order valence-electron chi connectivity index (χ2n) is 4.23. The monoisotopic (exact) mass is 321 g/mol. The molecule has 1 aromatic carbocycles. The lowest BCUT2D eigenvalue weighted by Crippen LogP contribution is -1.97. The topological polar surface area (TPSA) is 39.2 Å². The predicted octanol–water partition coefficient (Wildman–Crippen LogP) is 4.30. The van der Waals surface area contributed by atoms with Gasteiger partial charge in [-0.2, -0.15) is 8.78 Å². The zero-order chi connectivity index (χ0) is 15.9. The van der Waals surface area contributed by atoms with Crippen LogP contribution in [0.3, 0.4) is 0 Å². The van der Waals surface area contributed by atoms with Crippen molar-refractivity contribution in [2.75, 3.05) is 7.11 Å². The van der Waals surface area contributed by atoms with Gasteiger partial charge in [-0.1, -0.05) is 17.8 Å². The molecule has 3 nitrogen and oxygen atoms in total. The van der Waals surface area contributed by atoms with E-state index in [0.717, 1.165) is 5.56 Å². The molecule has 0 unspecified atom stereocenters. The molecule has 2 aromatic rings. The molecule has 0 radical (unpaired) electrons. The molecule has 0 N–H and O–H groups in total. The molecule has 0 saturated heterocycles. The standard InChI is InChI=1S/C16H13F2NO2S/c1-21-14-9-12(5-7-15(14)22-16(17)18)13(20)6-4-11-3-2-8-19-10-11/h2-10,16H,1H3/b6-4+. The van der Waals surface area contributed by atoms with Crippen molar-refractivity contribution in [2.45, 2.75) is 10.7 Å². The molecular formula is C16H13F2NO2S. The molecule has 0 aliphatic carbocycles. The molecule has 1 aromatic heterocycles. The number of methoxy groups -OCH3 is 1. The maximum atomic E-state index is 12.4. The number of hydrogen-bond acceptors (Lipinski definition) is 4. The van der Waals surface area contributed by atoms with E-state index in [1.807, 2.05) is 6.07 Å². The number of alkyl halides is 2. The van der Waals surface area contributed by atoms with Gasteiger partial charge in [-0.15, -0.1) is 0 Å². The van der Waals surface area contributed by atoms with Crippen molar-refractivity contribution < 1.29 is 18.3 Å². The Kier molecular flexibility index (Phi) is 5.66. The summed E-state index contributed by atoms with van der Waals surface area (Å²) in [5, 5.41) is 0. The number of allylic oxidation sites excluding steroid dienone is 1. The van der Waals surface area contributed by atoms with E-state index in [1.165, 1.54) is 31.4 Å². The van der Waals surface area contributed by atoms with Crippen LogP contribution in [0.4, 0.5) is 8.78 Å². The Morgan fingerprint density at radius 2 is 2.18 bits per heavy atom. The Labute approximate surface area is 131 Å². The molecule has 0 amide bonds. The smallest absolute Gasteiger partial charge is 0.289 e. The highest BCUT2D eigenvalue weighted by Gasteiger charge is 2.13. The maximum absolute atomic E-state index is 12.4. The number of carbonyl (C=O) groups excluding carboxylic acids is 1. The van der Waals surface area contributed by atoms with E-state index in [9.17, 15) is 13.6 Å². The number of nitrogens with zero attached hydrogens (tertiary/aromatic N) is 1. The van der Waals surface area contributed by atoms with E-state index >= 15 is 0 Å². The molecule has 2 rings (SSSR count).